The summed E-state index contributed by atoms with van der Waals surface area (Å²) in [4.78, 5) is 0. The quantitative estimate of drug-likeness (QED) is 0.174. The van der Waals surface area contributed by atoms with Gasteiger partial charge < -0.3 is 10.0 Å². The van der Waals surface area contributed by atoms with Gasteiger partial charge in [-0.15, -0.1) is 0 Å². The van der Waals surface area contributed by atoms with E-state index < -0.39 is 10.4 Å². The van der Waals surface area contributed by atoms with Crippen molar-refractivity contribution in [3.63, 3.8) is 0 Å². The van der Waals surface area contributed by atoms with E-state index in [1.165, 1.54) is 70.6 Å². The molecule has 0 radical (unpaired) electrons. The van der Waals surface area contributed by atoms with Crippen LogP contribution in [0.5, 0.6) is 0 Å². The number of hydrogen-bond donors (Lipinski definition) is 0. The largest absolute Gasteiger partial charge is 1.00 e. The van der Waals surface area contributed by atoms with Gasteiger partial charge in [-0.25, -0.2) is 8.42 Å². The maximum Gasteiger partial charge on any atom is 1.00 e. The van der Waals surface area contributed by atoms with Crippen LogP contribution in [0.1, 0.15) is 96.8 Å². The molecule has 0 aliphatic heterocycles. The maximum atomic E-state index is 10.2. The van der Waals surface area contributed by atoms with Crippen LogP contribution in [0.15, 0.2) is 0 Å². The fourth-order valence-corrected chi connectivity index (χ4v) is 2.78. The van der Waals surface area contributed by atoms with Crippen molar-refractivity contribution in [3.05, 3.63) is 0 Å². The summed E-state index contributed by atoms with van der Waals surface area (Å²) < 4.78 is 34.7. The molecule has 0 unspecified atom stereocenters. The van der Waals surface area contributed by atoms with Gasteiger partial charge in [-0.05, 0) is 6.42 Å². The molecule has 2 N–H and O–H groups in total. The van der Waals surface area contributed by atoms with E-state index in [0.717, 1.165) is 12.8 Å². The maximum absolute atomic E-state index is 10.2. The monoisotopic (exact) mass is 378 g/mol. The van der Waals surface area contributed by atoms with Crippen molar-refractivity contribution in [2.75, 3.05) is 6.61 Å². The van der Waals surface area contributed by atoms with Gasteiger partial charge in [0.15, 0.2) is 0 Å². The fraction of sp³-hybridized carbons (Fsp3) is 1.00. The van der Waals surface area contributed by atoms with Crippen molar-refractivity contribution in [2.24, 2.45) is 0 Å². The third-order valence-electron chi connectivity index (χ3n) is 3.73. The molecule has 0 aromatic rings. The average molecular weight is 379 g/mol. The summed E-state index contributed by atoms with van der Waals surface area (Å²) in [5, 5.41) is 0. The van der Waals surface area contributed by atoms with Crippen molar-refractivity contribution in [2.45, 2.75) is 96.8 Å². The topological polar surface area (TPSA) is 97.9 Å². The Bertz CT molecular complexity index is 310. The van der Waals surface area contributed by atoms with Crippen LogP contribution in [-0.2, 0) is 14.6 Å². The molecule has 0 spiro atoms. The van der Waals surface area contributed by atoms with Crippen LogP contribution in [0.2, 0.25) is 0 Å². The zero-order valence-corrected chi connectivity index (χ0v) is 19.1. The molecule has 0 aromatic heterocycles. The molecule has 0 atom stereocenters. The number of unbranched alkanes of at least 4 members (excludes halogenated alkanes) is 13. The first kappa shape index (κ1) is 29.2. The minimum absolute atomic E-state index is 0. The Hall–Kier alpha value is 1.47. The van der Waals surface area contributed by atoms with E-state index in [1.807, 2.05) is 0 Å². The van der Waals surface area contributed by atoms with Crippen molar-refractivity contribution in [1.29, 1.82) is 0 Å². The summed E-state index contributed by atoms with van der Waals surface area (Å²) in [5.74, 6) is 0. The molecule has 0 rings (SSSR count). The van der Waals surface area contributed by atoms with Crippen LogP contribution in [0.3, 0.4) is 0 Å². The summed E-state index contributed by atoms with van der Waals surface area (Å²) in [7, 11) is -4.49. The fourth-order valence-electron chi connectivity index (χ4n) is 2.46. The van der Waals surface area contributed by atoms with Crippen LogP contribution in [0, 0.1) is 0 Å². The normalized spacial score (nSPS) is 10.9. The van der Waals surface area contributed by atoms with Gasteiger partial charge in [0.05, 0.1) is 6.61 Å². The van der Waals surface area contributed by atoms with Crippen LogP contribution in [0.4, 0.5) is 0 Å². The number of hydrogen-bond acceptors (Lipinski definition) is 4. The summed E-state index contributed by atoms with van der Waals surface area (Å²) in [6, 6.07) is 0. The molecule has 0 amide bonds. The molecule has 5 nitrogen and oxygen atoms in total. The molecule has 0 aliphatic carbocycles. The molecule has 136 valence electrons. The van der Waals surface area contributed by atoms with Gasteiger partial charge in [0, 0.05) is 0 Å². The Morgan fingerprint density at radius 1 is 0.696 bits per heavy atom. The smallest absolute Gasteiger partial charge is 0.726 e. The second-order valence-corrected chi connectivity index (χ2v) is 6.88. The van der Waals surface area contributed by atoms with E-state index in [9.17, 15) is 13.0 Å². The third kappa shape index (κ3) is 28.5. The first-order valence-electron chi connectivity index (χ1n) is 8.66. The minimum atomic E-state index is -4.49. The summed E-state index contributed by atoms with van der Waals surface area (Å²) in [6.45, 7) is 2.28. The van der Waals surface area contributed by atoms with E-state index in [0.29, 0.717) is 6.42 Å². The predicted molar refractivity (Wildman–Crippen MR) is 89.6 cm³/mol. The molecule has 0 heterocycles. The molecule has 0 aromatic carbocycles. The molecule has 7 heteroatoms. The minimum Gasteiger partial charge on any atom is -0.726 e. The van der Waals surface area contributed by atoms with Gasteiger partial charge in [0.1, 0.15) is 0 Å². The first-order valence-corrected chi connectivity index (χ1v) is 10.00. The Morgan fingerprint density at radius 3 is 1.30 bits per heavy atom. The Morgan fingerprint density at radius 2 is 1.00 bits per heavy atom. The molecule has 0 fully saturated rings. The van der Waals surface area contributed by atoms with Crippen molar-refractivity contribution in [3.8, 4) is 0 Å². The SMILES string of the molecule is CCCCCCCCCCCCCCCCOS(=O)(=O)[O-].O.[K+]. The zero-order valence-electron chi connectivity index (χ0n) is 15.1. The zero-order chi connectivity index (χ0) is 15.8. The molecular weight excluding hydrogens is 343 g/mol. The Kier molecular flexibility index (Phi) is 27.3. The van der Waals surface area contributed by atoms with Crippen LogP contribution < -0.4 is 51.4 Å². The second kappa shape index (κ2) is 21.5. The van der Waals surface area contributed by atoms with Gasteiger partial charge in [-0.1, -0.05) is 90.4 Å². The van der Waals surface area contributed by atoms with Crippen molar-refractivity contribution >= 4 is 10.4 Å². The molecular formula is C16H35KO5S. The Labute approximate surface area is 186 Å². The van der Waals surface area contributed by atoms with E-state index >= 15 is 0 Å². The van der Waals surface area contributed by atoms with Crippen molar-refractivity contribution in [1.82, 2.24) is 0 Å². The van der Waals surface area contributed by atoms with Gasteiger partial charge >= 0.3 is 51.4 Å². The van der Waals surface area contributed by atoms with E-state index in [1.54, 1.807) is 0 Å². The summed E-state index contributed by atoms with van der Waals surface area (Å²) >= 11 is 0. The average Bonchev–Trinajstić information content (AvgIpc) is 2.42. The van der Waals surface area contributed by atoms with Gasteiger partial charge in [0.25, 0.3) is 0 Å². The van der Waals surface area contributed by atoms with Crippen molar-refractivity contribution < 1.29 is 74.0 Å². The van der Waals surface area contributed by atoms with Gasteiger partial charge in [-0.2, -0.15) is 0 Å². The Balaban J connectivity index is -0.00000200. The molecule has 23 heavy (non-hydrogen) atoms. The molecule has 0 bridgehead atoms. The second-order valence-electron chi connectivity index (χ2n) is 5.83. The van der Waals surface area contributed by atoms with E-state index in [-0.39, 0.29) is 63.5 Å². The molecule has 0 saturated carbocycles. The summed E-state index contributed by atoms with van der Waals surface area (Å²) in [6.07, 6.45) is 17.4. The van der Waals surface area contributed by atoms with Crippen LogP contribution in [-0.4, -0.2) is 25.1 Å². The molecule has 0 aliphatic rings. The van der Waals surface area contributed by atoms with Crippen LogP contribution in [0.25, 0.3) is 0 Å². The van der Waals surface area contributed by atoms with Crippen LogP contribution >= 0.6 is 0 Å². The first-order chi connectivity index (χ1) is 10.1. The van der Waals surface area contributed by atoms with Gasteiger partial charge in [-0.3, -0.25) is 4.18 Å². The van der Waals surface area contributed by atoms with E-state index in [4.69, 9.17) is 0 Å². The van der Waals surface area contributed by atoms with E-state index in [2.05, 4.69) is 11.1 Å². The van der Waals surface area contributed by atoms with Gasteiger partial charge in [0.2, 0.25) is 10.4 Å². The summed E-state index contributed by atoms with van der Waals surface area (Å²) in [5.41, 5.74) is 0. The standard InChI is InChI=1S/C16H34O4S.K.H2O/c1-2-3-4-5-6-7-8-9-10-11-12-13-14-15-16-20-21(17,18)19;;/h2-16H2,1H3,(H,17,18,19);;1H2/q;+1;/p-1. The molecule has 0 saturated heterocycles. The third-order valence-corrected chi connectivity index (χ3v) is 4.18. The predicted octanol–water partition coefficient (Wildman–Crippen LogP) is 1.12. The number of rotatable bonds is 16.